The van der Waals surface area contributed by atoms with Gasteiger partial charge in [-0.1, -0.05) is 0 Å². The minimum atomic E-state index is -0.320. The Balaban J connectivity index is 2.55. The van der Waals surface area contributed by atoms with Crippen molar-refractivity contribution in [2.45, 2.75) is 0 Å². The summed E-state index contributed by atoms with van der Waals surface area (Å²) in [6.07, 6.45) is 0.659. The summed E-state index contributed by atoms with van der Waals surface area (Å²) < 4.78 is 18.0. The normalized spacial score (nSPS) is 10.0. The predicted molar refractivity (Wildman–Crippen MR) is 61.6 cm³/mol. The Morgan fingerprint density at radius 2 is 1.88 bits per heavy atom. The number of rotatable bonds is 3. The minimum absolute atomic E-state index is 0.310. The number of aromatic nitrogens is 1. The second-order valence-electron chi connectivity index (χ2n) is 3.41. The molecule has 0 bridgehead atoms. The molecule has 0 N–H and O–H groups in total. The average molecular weight is 231 g/mol. The zero-order chi connectivity index (χ0) is 12.3. The molecule has 0 aliphatic rings. The van der Waals surface area contributed by atoms with Crippen molar-refractivity contribution in [3.05, 3.63) is 47.9 Å². The quantitative estimate of drug-likeness (QED) is 0.762. The Kier molecular flexibility index (Phi) is 3.14. The molecular weight excluding hydrogens is 221 g/mol. The van der Waals surface area contributed by atoms with Gasteiger partial charge in [0.1, 0.15) is 23.0 Å². The first-order chi connectivity index (χ1) is 8.24. The smallest absolute Gasteiger partial charge is 0.168 e. The van der Waals surface area contributed by atoms with E-state index >= 15 is 0 Å². The first-order valence-corrected chi connectivity index (χ1v) is 5.00. The molecule has 4 heteroatoms. The molecule has 0 spiro atoms. The monoisotopic (exact) mass is 231 g/mol. The van der Waals surface area contributed by atoms with Gasteiger partial charge < -0.3 is 4.74 Å². The van der Waals surface area contributed by atoms with Gasteiger partial charge in [0, 0.05) is 5.56 Å². The van der Waals surface area contributed by atoms with Crippen molar-refractivity contribution in [1.82, 2.24) is 4.98 Å². The highest BCUT2D eigenvalue weighted by Gasteiger charge is 2.08. The van der Waals surface area contributed by atoms with Crippen LogP contribution in [0.2, 0.25) is 0 Å². The number of halogens is 1. The van der Waals surface area contributed by atoms with Gasteiger partial charge in [-0.05, 0) is 36.4 Å². The molecule has 0 fully saturated rings. The number of aldehydes is 1. The Morgan fingerprint density at radius 1 is 1.18 bits per heavy atom. The SMILES string of the molecule is COc1ccc(C=O)nc1-c1ccc(F)cc1. The van der Waals surface area contributed by atoms with Crippen molar-refractivity contribution in [2.24, 2.45) is 0 Å². The zero-order valence-corrected chi connectivity index (χ0v) is 9.18. The third kappa shape index (κ3) is 2.30. The minimum Gasteiger partial charge on any atom is -0.494 e. The number of pyridine rings is 1. The lowest BCUT2D eigenvalue weighted by molar-refractivity contribution is 0.111. The van der Waals surface area contributed by atoms with Crippen LogP contribution in [0.5, 0.6) is 5.75 Å². The molecule has 0 amide bonds. The van der Waals surface area contributed by atoms with Gasteiger partial charge in [-0.2, -0.15) is 0 Å². The van der Waals surface area contributed by atoms with Gasteiger partial charge in [-0.15, -0.1) is 0 Å². The van der Waals surface area contributed by atoms with Gasteiger partial charge in [0.25, 0.3) is 0 Å². The highest BCUT2D eigenvalue weighted by molar-refractivity contribution is 5.76. The maximum Gasteiger partial charge on any atom is 0.168 e. The van der Waals surface area contributed by atoms with Crippen molar-refractivity contribution < 1.29 is 13.9 Å². The van der Waals surface area contributed by atoms with Crippen molar-refractivity contribution in [1.29, 1.82) is 0 Å². The molecule has 86 valence electrons. The molecule has 0 radical (unpaired) electrons. The summed E-state index contributed by atoms with van der Waals surface area (Å²) in [6, 6.07) is 9.09. The third-order valence-electron chi connectivity index (χ3n) is 2.34. The summed E-state index contributed by atoms with van der Waals surface area (Å²) in [5.74, 6) is 0.224. The molecule has 0 atom stereocenters. The average Bonchev–Trinajstić information content (AvgIpc) is 2.39. The summed E-state index contributed by atoms with van der Waals surface area (Å²) in [5.41, 5.74) is 1.54. The lowest BCUT2D eigenvalue weighted by Crippen LogP contribution is -1.95. The number of hydrogen-bond donors (Lipinski definition) is 0. The number of methoxy groups -OCH3 is 1. The van der Waals surface area contributed by atoms with Crippen LogP contribution in [0, 0.1) is 5.82 Å². The van der Waals surface area contributed by atoms with Crippen LogP contribution in [0.3, 0.4) is 0 Å². The van der Waals surface area contributed by atoms with Crippen molar-refractivity contribution in [3.8, 4) is 17.0 Å². The van der Waals surface area contributed by atoms with Crippen LogP contribution < -0.4 is 4.74 Å². The first-order valence-electron chi connectivity index (χ1n) is 5.00. The number of ether oxygens (including phenoxy) is 1. The van der Waals surface area contributed by atoms with Crippen LogP contribution in [-0.2, 0) is 0 Å². The molecule has 1 heterocycles. The number of carbonyl (C=O) groups is 1. The fourth-order valence-electron chi connectivity index (χ4n) is 1.51. The molecule has 1 aromatic heterocycles. The van der Waals surface area contributed by atoms with Crippen LogP contribution in [0.4, 0.5) is 4.39 Å². The van der Waals surface area contributed by atoms with Gasteiger partial charge >= 0.3 is 0 Å². The summed E-state index contributed by atoms with van der Waals surface area (Å²) in [5, 5.41) is 0. The topological polar surface area (TPSA) is 39.2 Å². The van der Waals surface area contributed by atoms with E-state index in [1.165, 1.54) is 19.2 Å². The Bertz CT molecular complexity index is 538. The Hall–Kier alpha value is -2.23. The van der Waals surface area contributed by atoms with Crippen LogP contribution in [-0.4, -0.2) is 18.4 Å². The van der Waals surface area contributed by atoms with Gasteiger partial charge in [0.2, 0.25) is 0 Å². The van der Waals surface area contributed by atoms with Gasteiger partial charge in [0.15, 0.2) is 6.29 Å². The number of hydrogen-bond acceptors (Lipinski definition) is 3. The Labute approximate surface area is 97.9 Å². The largest absolute Gasteiger partial charge is 0.494 e. The molecule has 17 heavy (non-hydrogen) atoms. The Morgan fingerprint density at radius 3 is 2.47 bits per heavy atom. The predicted octanol–water partition coefficient (Wildman–Crippen LogP) is 2.71. The molecule has 3 nitrogen and oxygen atoms in total. The van der Waals surface area contributed by atoms with E-state index in [-0.39, 0.29) is 5.82 Å². The molecule has 0 aliphatic heterocycles. The van der Waals surface area contributed by atoms with E-state index in [0.717, 1.165) is 0 Å². The van der Waals surface area contributed by atoms with Gasteiger partial charge in [0.05, 0.1) is 7.11 Å². The zero-order valence-electron chi connectivity index (χ0n) is 9.18. The van der Waals surface area contributed by atoms with Gasteiger partial charge in [-0.25, -0.2) is 9.37 Å². The van der Waals surface area contributed by atoms with E-state index in [1.54, 1.807) is 24.3 Å². The van der Waals surface area contributed by atoms with Crippen molar-refractivity contribution in [2.75, 3.05) is 7.11 Å². The molecule has 0 saturated heterocycles. The lowest BCUT2D eigenvalue weighted by atomic mass is 10.1. The van der Waals surface area contributed by atoms with Crippen LogP contribution >= 0.6 is 0 Å². The summed E-state index contributed by atoms with van der Waals surface area (Å²) in [4.78, 5) is 14.8. The molecule has 0 aliphatic carbocycles. The van der Waals surface area contributed by atoms with E-state index in [4.69, 9.17) is 4.74 Å². The van der Waals surface area contributed by atoms with E-state index < -0.39 is 0 Å². The van der Waals surface area contributed by atoms with E-state index in [0.29, 0.717) is 29.0 Å². The van der Waals surface area contributed by atoms with Crippen LogP contribution in [0.25, 0.3) is 11.3 Å². The maximum absolute atomic E-state index is 12.8. The van der Waals surface area contributed by atoms with Crippen molar-refractivity contribution in [3.63, 3.8) is 0 Å². The summed E-state index contributed by atoms with van der Waals surface area (Å²) in [6.45, 7) is 0. The first kappa shape index (κ1) is 11.3. The van der Waals surface area contributed by atoms with E-state index in [2.05, 4.69) is 4.98 Å². The molecule has 2 aromatic rings. The second kappa shape index (κ2) is 4.74. The number of benzene rings is 1. The fraction of sp³-hybridized carbons (Fsp3) is 0.0769. The fourth-order valence-corrected chi connectivity index (χ4v) is 1.51. The summed E-state index contributed by atoms with van der Waals surface area (Å²) in [7, 11) is 1.52. The molecule has 2 rings (SSSR count). The third-order valence-corrected chi connectivity index (χ3v) is 2.34. The number of carbonyl (C=O) groups excluding carboxylic acids is 1. The maximum atomic E-state index is 12.8. The molecule has 0 unspecified atom stereocenters. The lowest BCUT2D eigenvalue weighted by Gasteiger charge is -2.07. The van der Waals surface area contributed by atoms with E-state index in [1.807, 2.05) is 0 Å². The highest BCUT2D eigenvalue weighted by Crippen LogP contribution is 2.27. The molecular formula is C13H10FNO2. The number of nitrogens with zero attached hydrogens (tertiary/aromatic N) is 1. The molecule has 1 aromatic carbocycles. The highest BCUT2D eigenvalue weighted by atomic mass is 19.1. The van der Waals surface area contributed by atoms with Crippen LogP contribution in [0.1, 0.15) is 10.5 Å². The molecule has 0 saturated carbocycles. The van der Waals surface area contributed by atoms with E-state index in [9.17, 15) is 9.18 Å². The van der Waals surface area contributed by atoms with Crippen molar-refractivity contribution >= 4 is 6.29 Å². The second-order valence-corrected chi connectivity index (χ2v) is 3.41. The summed E-state index contributed by atoms with van der Waals surface area (Å²) >= 11 is 0. The van der Waals surface area contributed by atoms with Gasteiger partial charge in [-0.3, -0.25) is 4.79 Å². The standard InChI is InChI=1S/C13H10FNO2/c1-17-12-7-6-11(8-16)15-13(12)9-2-4-10(14)5-3-9/h2-8H,1H3. The van der Waals surface area contributed by atoms with Crippen LogP contribution in [0.15, 0.2) is 36.4 Å².